The fourth-order valence-corrected chi connectivity index (χ4v) is 5.44. The SMILES string of the molecule is CN1CCN(C(=O)c2cn(Cc3cncn3Cc3ccccc3Cl)cc2-c2cccc3ccccc23)CC1. The van der Waals surface area contributed by atoms with Crippen LogP contribution in [-0.2, 0) is 13.1 Å². The number of likely N-dealkylation sites (N-methyl/N-ethyl adjacent to an activating group) is 1. The molecule has 0 bridgehead atoms. The smallest absolute Gasteiger partial charge is 0.256 e. The van der Waals surface area contributed by atoms with Crippen molar-refractivity contribution in [2.45, 2.75) is 13.1 Å². The number of rotatable bonds is 6. The summed E-state index contributed by atoms with van der Waals surface area (Å²) in [5.74, 6) is 0.0874. The number of benzene rings is 3. The van der Waals surface area contributed by atoms with E-state index in [-0.39, 0.29) is 5.91 Å². The monoisotopic (exact) mass is 523 g/mol. The van der Waals surface area contributed by atoms with E-state index in [0.717, 1.165) is 69.9 Å². The first-order chi connectivity index (χ1) is 18.6. The second-order valence-electron chi connectivity index (χ2n) is 9.98. The Balaban J connectivity index is 1.38. The zero-order valence-corrected chi connectivity index (χ0v) is 22.2. The normalized spacial score (nSPS) is 14.3. The molecular formula is C31H30ClN5O. The molecule has 0 saturated carbocycles. The molecule has 0 atom stereocenters. The summed E-state index contributed by atoms with van der Waals surface area (Å²) in [5, 5.41) is 3.05. The lowest BCUT2D eigenvalue weighted by molar-refractivity contribution is 0.0665. The minimum atomic E-state index is 0.0874. The molecule has 0 unspecified atom stereocenters. The van der Waals surface area contributed by atoms with Gasteiger partial charge in [-0.3, -0.25) is 4.79 Å². The van der Waals surface area contributed by atoms with Crippen LogP contribution in [0.4, 0.5) is 0 Å². The second kappa shape index (κ2) is 10.5. The number of imidazole rings is 1. The van der Waals surface area contributed by atoms with Gasteiger partial charge in [0.15, 0.2) is 0 Å². The third-order valence-electron chi connectivity index (χ3n) is 7.42. The van der Waals surface area contributed by atoms with Crippen LogP contribution in [-0.4, -0.2) is 63.1 Å². The number of piperazine rings is 1. The van der Waals surface area contributed by atoms with Crippen LogP contribution in [0.5, 0.6) is 0 Å². The third kappa shape index (κ3) is 4.85. The molecule has 6 nitrogen and oxygen atoms in total. The Morgan fingerprint density at radius 3 is 2.47 bits per heavy atom. The van der Waals surface area contributed by atoms with Gasteiger partial charge in [0.2, 0.25) is 0 Å². The highest BCUT2D eigenvalue weighted by Crippen LogP contribution is 2.33. The van der Waals surface area contributed by atoms with Gasteiger partial charge in [0.1, 0.15) is 0 Å². The number of nitrogens with zero attached hydrogens (tertiary/aromatic N) is 5. The third-order valence-corrected chi connectivity index (χ3v) is 7.79. The van der Waals surface area contributed by atoms with Crippen molar-refractivity contribution in [1.82, 2.24) is 23.9 Å². The van der Waals surface area contributed by atoms with Gasteiger partial charge in [-0.05, 0) is 35.0 Å². The van der Waals surface area contributed by atoms with Gasteiger partial charge in [-0.1, -0.05) is 72.3 Å². The van der Waals surface area contributed by atoms with Gasteiger partial charge in [0.05, 0.1) is 30.7 Å². The van der Waals surface area contributed by atoms with Crippen LogP contribution in [0.1, 0.15) is 21.6 Å². The quantitative estimate of drug-likeness (QED) is 0.289. The molecule has 1 aliphatic rings. The van der Waals surface area contributed by atoms with Gasteiger partial charge >= 0.3 is 0 Å². The number of amides is 1. The number of carbonyl (C=O) groups is 1. The molecule has 0 spiro atoms. The van der Waals surface area contributed by atoms with Gasteiger partial charge in [-0.25, -0.2) is 4.98 Å². The molecule has 192 valence electrons. The van der Waals surface area contributed by atoms with Gasteiger partial charge in [0, 0.05) is 55.4 Å². The minimum absolute atomic E-state index is 0.0874. The predicted molar refractivity (Wildman–Crippen MR) is 153 cm³/mol. The molecule has 7 heteroatoms. The summed E-state index contributed by atoms with van der Waals surface area (Å²) in [5.41, 5.74) is 4.86. The average Bonchev–Trinajstić information content (AvgIpc) is 3.56. The van der Waals surface area contributed by atoms with Gasteiger partial charge in [-0.15, -0.1) is 0 Å². The summed E-state index contributed by atoms with van der Waals surface area (Å²) in [6.07, 6.45) is 7.84. The number of halogens is 1. The van der Waals surface area contributed by atoms with Crippen molar-refractivity contribution < 1.29 is 4.79 Å². The van der Waals surface area contributed by atoms with Crippen LogP contribution >= 0.6 is 11.6 Å². The summed E-state index contributed by atoms with van der Waals surface area (Å²) in [6.45, 7) is 4.48. The Kier molecular flexibility index (Phi) is 6.75. The first-order valence-corrected chi connectivity index (χ1v) is 13.3. The lowest BCUT2D eigenvalue weighted by atomic mass is 9.97. The van der Waals surface area contributed by atoms with Crippen molar-refractivity contribution in [3.05, 3.63) is 113 Å². The summed E-state index contributed by atoms with van der Waals surface area (Å²) >= 11 is 6.43. The number of aromatic nitrogens is 3. The van der Waals surface area contributed by atoms with E-state index in [2.05, 4.69) is 68.7 Å². The molecule has 5 aromatic rings. The maximum absolute atomic E-state index is 13.9. The van der Waals surface area contributed by atoms with E-state index in [9.17, 15) is 4.79 Å². The molecular weight excluding hydrogens is 494 g/mol. The summed E-state index contributed by atoms with van der Waals surface area (Å²) in [4.78, 5) is 22.5. The van der Waals surface area contributed by atoms with Crippen molar-refractivity contribution >= 4 is 28.3 Å². The molecule has 1 aliphatic heterocycles. The van der Waals surface area contributed by atoms with Gasteiger partial charge < -0.3 is 18.9 Å². The molecule has 38 heavy (non-hydrogen) atoms. The number of hydrogen-bond acceptors (Lipinski definition) is 3. The Morgan fingerprint density at radius 1 is 0.868 bits per heavy atom. The lowest BCUT2D eigenvalue weighted by Gasteiger charge is -2.32. The minimum Gasteiger partial charge on any atom is -0.347 e. The highest BCUT2D eigenvalue weighted by molar-refractivity contribution is 6.31. The predicted octanol–water partition coefficient (Wildman–Crippen LogP) is 5.64. The molecule has 3 heterocycles. The van der Waals surface area contributed by atoms with Gasteiger partial charge in [-0.2, -0.15) is 0 Å². The standard InChI is InChI=1S/C31H30ClN5O/c1-34-13-15-36(16-14-34)31(38)29-21-35(20-28(29)27-11-6-9-23-7-2-4-10-26(23)27)19-25-17-33-22-37(25)18-24-8-3-5-12-30(24)32/h2-12,17,20-22H,13-16,18-19H2,1H3. The van der Waals surface area contributed by atoms with Crippen LogP contribution in [0.25, 0.3) is 21.9 Å². The van der Waals surface area contributed by atoms with Crippen LogP contribution in [0, 0.1) is 0 Å². The fourth-order valence-electron chi connectivity index (χ4n) is 5.24. The molecule has 1 amide bonds. The van der Waals surface area contributed by atoms with E-state index in [1.54, 1.807) is 0 Å². The van der Waals surface area contributed by atoms with Gasteiger partial charge in [0.25, 0.3) is 5.91 Å². The van der Waals surface area contributed by atoms with Crippen molar-refractivity contribution in [2.75, 3.05) is 33.2 Å². The summed E-state index contributed by atoms with van der Waals surface area (Å²) < 4.78 is 4.22. The van der Waals surface area contributed by atoms with Crippen LogP contribution in [0.2, 0.25) is 5.02 Å². The van der Waals surface area contributed by atoms with Crippen LogP contribution < -0.4 is 0 Å². The highest BCUT2D eigenvalue weighted by Gasteiger charge is 2.25. The number of hydrogen-bond donors (Lipinski definition) is 0. The zero-order chi connectivity index (χ0) is 26.1. The van der Waals surface area contributed by atoms with Crippen molar-refractivity contribution in [3.8, 4) is 11.1 Å². The molecule has 0 N–H and O–H groups in total. The topological polar surface area (TPSA) is 46.3 Å². The fraction of sp³-hybridized carbons (Fsp3) is 0.226. The zero-order valence-electron chi connectivity index (χ0n) is 21.4. The number of carbonyl (C=O) groups excluding carboxylic acids is 1. The van der Waals surface area contributed by atoms with E-state index in [1.807, 2.05) is 54.0 Å². The maximum atomic E-state index is 13.9. The molecule has 1 saturated heterocycles. The molecule has 0 aliphatic carbocycles. The van der Waals surface area contributed by atoms with Crippen molar-refractivity contribution in [2.24, 2.45) is 0 Å². The van der Waals surface area contributed by atoms with Crippen LogP contribution in [0.3, 0.4) is 0 Å². The van der Waals surface area contributed by atoms with E-state index >= 15 is 0 Å². The molecule has 3 aromatic carbocycles. The molecule has 2 aromatic heterocycles. The van der Waals surface area contributed by atoms with E-state index < -0.39 is 0 Å². The second-order valence-corrected chi connectivity index (χ2v) is 10.4. The van der Waals surface area contributed by atoms with E-state index in [1.165, 1.54) is 0 Å². The van der Waals surface area contributed by atoms with Crippen LogP contribution in [0.15, 0.2) is 91.6 Å². The lowest BCUT2D eigenvalue weighted by Crippen LogP contribution is -2.47. The highest BCUT2D eigenvalue weighted by atomic mass is 35.5. The molecule has 1 fully saturated rings. The first-order valence-electron chi connectivity index (χ1n) is 12.9. The Bertz CT molecular complexity index is 1590. The average molecular weight is 524 g/mol. The first kappa shape index (κ1) is 24.5. The summed E-state index contributed by atoms with van der Waals surface area (Å²) in [7, 11) is 2.10. The van der Waals surface area contributed by atoms with Crippen molar-refractivity contribution in [3.63, 3.8) is 0 Å². The summed E-state index contributed by atoms with van der Waals surface area (Å²) in [6, 6.07) is 22.5. The largest absolute Gasteiger partial charge is 0.347 e. The van der Waals surface area contributed by atoms with Crippen molar-refractivity contribution in [1.29, 1.82) is 0 Å². The molecule has 6 rings (SSSR count). The van der Waals surface area contributed by atoms with E-state index in [0.29, 0.717) is 13.1 Å². The number of fused-ring (bicyclic) bond motifs is 1. The Labute approximate surface area is 227 Å². The Morgan fingerprint density at radius 2 is 1.63 bits per heavy atom. The van der Waals surface area contributed by atoms with E-state index in [4.69, 9.17) is 11.6 Å². The molecule has 0 radical (unpaired) electrons. The maximum Gasteiger partial charge on any atom is 0.256 e. The Hall–Kier alpha value is -3.87.